The molecule has 1 saturated carbocycles. The van der Waals surface area contributed by atoms with Gasteiger partial charge in [-0.1, -0.05) is 19.3 Å². The van der Waals surface area contributed by atoms with Gasteiger partial charge < -0.3 is 11.5 Å². The topological polar surface area (TPSA) is 67.6 Å². The Morgan fingerprint density at radius 2 is 1.80 bits per heavy atom. The molecule has 0 radical (unpaired) electrons. The molecule has 15 heavy (non-hydrogen) atoms. The first-order valence-corrected chi connectivity index (χ1v) is 5.94. The Balaban J connectivity index is 1.85. The first kappa shape index (κ1) is 10.7. The van der Waals surface area contributed by atoms with E-state index in [0.717, 1.165) is 13.1 Å². The third-order valence-corrected chi connectivity index (χ3v) is 3.89. The van der Waals surface area contributed by atoms with Crippen molar-refractivity contribution in [2.75, 3.05) is 13.1 Å². The lowest BCUT2D eigenvalue weighted by atomic mass is 9.80. The zero-order chi connectivity index (χ0) is 10.9. The summed E-state index contributed by atoms with van der Waals surface area (Å²) >= 11 is 0. The SMILES string of the molecule is CC1(N2CC(N=C(N)N)C2)CCCCC1. The highest BCUT2D eigenvalue weighted by Gasteiger charge is 2.40. The quantitative estimate of drug-likeness (QED) is 0.520. The Kier molecular flexibility index (Phi) is 2.87. The van der Waals surface area contributed by atoms with Crippen molar-refractivity contribution in [2.24, 2.45) is 16.5 Å². The van der Waals surface area contributed by atoms with Gasteiger partial charge in [-0.15, -0.1) is 0 Å². The Labute approximate surface area is 91.7 Å². The summed E-state index contributed by atoms with van der Waals surface area (Å²) < 4.78 is 0. The van der Waals surface area contributed by atoms with Crippen molar-refractivity contribution < 1.29 is 0 Å². The molecule has 0 spiro atoms. The van der Waals surface area contributed by atoms with E-state index >= 15 is 0 Å². The van der Waals surface area contributed by atoms with Gasteiger partial charge in [-0.3, -0.25) is 4.90 Å². The van der Waals surface area contributed by atoms with Gasteiger partial charge in [0.2, 0.25) is 0 Å². The summed E-state index contributed by atoms with van der Waals surface area (Å²) in [5.41, 5.74) is 11.2. The van der Waals surface area contributed by atoms with Crippen molar-refractivity contribution in [1.82, 2.24) is 4.90 Å². The van der Waals surface area contributed by atoms with Gasteiger partial charge in [-0.25, -0.2) is 4.99 Å². The number of likely N-dealkylation sites (tertiary alicyclic amines) is 1. The van der Waals surface area contributed by atoms with E-state index in [9.17, 15) is 0 Å². The zero-order valence-corrected chi connectivity index (χ0v) is 9.58. The molecular weight excluding hydrogens is 188 g/mol. The zero-order valence-electron chi connectivity index (χ0n) is 9.58. The minimum absolute atomic E-state index is 0.230. The lowest BCUT2D eigenvalue weighted by Gasteiger charge is -2.51. The van der Waals surface area contributed by atoms with Gasteiger partial charge >= 0.3 is 0 Å². The Hall–Kier alpha value is -0.770. The fourth-order valence-electron chi connectivity index (χ4n) is 2.82. The average Bonchev–Trinajstić information content (AvgIpc) is 2.11. The number of hydrogen-bond acceptors (Lipinski definition) is 2. The van der Waals surface area contributed by atoms with Crippen LogP contribution in [0.25, 0.3) is 0 Å². The maximum Gasteiger partial charge on any atom is 0.186 e. The fraction of sp³-hybridized carbons (Fsp3) is 0.909. The highest BCUT2D eigenvalue weighted by atomic mass is 15.3. The second kappa shape index (κ2) is 4.00. The van der Waals surface area contributed by atoms with E-state index in [-0.39, 0.29) is 5.96 Å². The summed E-state index contributed by atoms with van der Waals surface area (Å²) in [6, 6.07) is 0.341. The van der Waals surface area contributed by atoms with E-state index in [1.54, 1.807) is 0 Å². The number of nitrogens with zero attached hydrogens (tertiary/aromatic N) is 2. The molecule has 2 rings (SSSR count). The molecule has 1 aliphatic heterocycles. The summed E-state index contributed by atoms with van der Waals surface area (Å²) in [7, 11) is 0. The molecule has 4 heteroatoms. The first-order valence-electron chi connectivity index (χ1n) is 5.94. The van der Waals surface area contributed by atoms with Gasteiger partial charge in [0.05, 0.1) is 6.04 Å². The second-order valence-electron chi connectivity index (χ2n) is 5.17. The molecular formula is C11H22N4. The third-order valence-electron chi connectivity index (χ3n) is 3.89. The summed E-state index contributed by atoms with van der Waals surface area (Å²) in [6.45, 7) is 4.46. The van der Waals surface area contributed by atoms with Crippen LogP contribution in [0.15, 0.2) is 4.99 Å². The lowest BCUT2D eigenvalue weighted by Crippen LogP contribution is -2.61. The molecule has 0 amide bonds. The molecule has 1 saturated heterocycles. The highest BCUT2D eigenvalue weighted by molar-refractivity contribution is 5.76. The molecule has 86 valence electrons. The van der Waals surface area contributed by atoms with Crippen molar-refractivity contribution in [3.63, 3.8) is 0 Å². The van der Waals surface area contributed by atoms with Crippen LogP contribution in [0, 0.1) is 0 Å². The van der Waals surface area contributed by atoms with E-state index < -0.39 is 0 Å². The van der Waals surface area contributed by atoms with Crippen molar-refractivity contribution in [1.29, 1.82) is 0 Å². The van der Waals surface area contributed by atoms with E-state index in [1.165, 1.54) is 32.1 Å². The minimum atomic E-state index is 0.230. The van der Waals surface area contributed by atoms with Gasteiger partial charge in [0.25, 0.3) is 0 Å². The van der Waals surface area contributed by atoms with Gasteiger partial charge in [-0.05, 0) is 19.8 Å². The normalized spacial score (nSPS) is 27.0. The molecule has 0 unspecified atom stereocenters. The molecule has 1 aliphatic carbocycles. The molecule has 0 atom stereocenters. The molecule has 1 heterocycles. The number of rotatable bonds is 2. The van der Waals surface area contributed by atoms with Gasteiger partial charge in [0.15, 0.2) is 5.96 Å². The van der Waals surface area contributed by atoms with Crippen LogP contribution >= 0.6 is 0 Å². The lowest BCUT2D eigenvalue weighted by molar-refractivity contribution is 0.00142. The third kappa shape index (κ3) is 2.25. The molecule has 4 nitrogen and oxygen atoms in total. The summed E-state index contributed by atoms with van der Waals surface area (Å²) in [5.74, 6) is 0.230. The van der Waals surface area contributed by atoms with Gasteiger partial charge in [0, 0.05) is 18.6 Å². The number of guanidine groups is 1. The number of nitrogens with two attached hydrogens (primary N) is 2. The molecule has 2 fully saturated rings. The first-order chi connectivity index (χ1) is 7.10. The molecule has 0 aromatic carbocycles. The van der Waals surface area contributed by atoms with Crippen LogP contribution in [0.5, 0.6) is 0 Å². The van der Waals surface area contributed by atoms with Crippen molar-refractivity contribution in [2.45, 2.75) is 50.6 Å². The summed E-state index contributed by atoms with van der Waals surface area (Å²) in [5, 5.41) is 0. The predicted octanol–water partition coefficient (Wildman–Crippen LogP) is 0.667. The predicted molar refractivity (Wildman–Crippen MR) is 62.7 cm³/mol. The largest absolute Gasteiger partial charge is 0.370 e. The standard InChI is InChI=1S/C11H22N4/c1-11(5-3-2-4-6-11)15-7-9(8-15)14-10(12)13/h9H,2-8H2,1H3,(H4,12,13,14). The molecule has 4 N–H and O–H groups in total. The van der Waals surface area contributed by atoms with Crippen molar-refractivity contribution >= 4 is 5.96 Å². The van der Waals surface area contributed by atoms with Crippen LogP contribution in [0.2, 0.25) is 0 Å². The maximum atomic E-state index is 5.37. The summed E-state index contributed by atoms with van der Waals surface area (Å²) in [4.78, 5) is 6.73. The van der Waals surface area contributed by atoms with E-state index in [1.807, 2.05) is 0 Å². The second-order valence-corrected chi connectivity index (χ2v) is 5.17. The number of aliphatic imine (C=N–C) groups is 1. The van der Waals surface area contributed by atoms with E-state index in [0.29, 0.717) is 11.6 Å². The van der Waals surface area contributed by atoms with Gasteiger partial charge in [0.1, 0.15) is 0 Å². The fourth-order valence-corrected chi connectivity index (χ4v) is 2.82. The smallest absolute Gasteiger partial charge is 0.186 e. The van der Waals surface area contributed by atoms with E-state index in [2.05, 4.69) is 16.8 Å². The molecule has 0 aromatic heterocycles. The average molecular weight is 210 g/mol. The Morgan fingerprint density at radius 1 is 1.20 bits per heavy atom. The highest BCUT2D eigenvalue weighted by Crippen LogP contribution is 2.36. The monoisotopic (exact) mass is 210 g/mol. The Morgan fingerprint density at radius 3 is 2.33 bits per heavy atom. The van der Waals surface area contributed by atoms with Crippen LogP contribution in [0.1, 0.15) is 39.0 Å². The maximum absolute atomic E-state index is 5.37. The van der Waals surface area contributed by atoms with Crippen LogP contribution in [-0.2, 0) is 0 Å². The van der Waals surface area contributed by atoms with Crippen LogP contribution in [0.4, 0.5) is 0 Å². The van der Waals surface area contributed by atoms with Crippen LogP contribution < -0.4 is 11.5 Å². The van der Waals surface area contributed by atoms with Crippen LogP contribution in [0.3, 0.4) is 0 Å². The Bertz CT molecular complexity index is 245. The van der Waals surface area contributed by atoms with Crippen molar-refractivity contribution in [3.05, 3.63) is 0 Å². The number of hydrogen-bond donors (Lipinski definition) is 2. The molecule has 0 bridgehead atoms. The van der Waals surface area contributed by atoms with Crippen molar-refractivity contribution in [3.8, 4) is 0 Å². The van der Waals surface area contributed by atoms with Gasteiger partial charge in [-0.2, -0.15) is 0 Å². The molecule has 2 aliphatic rings. The molecule has 0 aromatic rings. The minimum Gasteiger partial charge on any atom is -0.370 e. The summed E-state index contributed by atoms with van der Waals surface area (Å²) in [6.07, 6.45) is 6.82. The van der Waals surface area contributed by atoms with E-state index in [4.69, 9.17) is 11.5 Å². The van der Waals surface area contributed by atoms with Crippen LogP contribution in [-0.4, -0.2) is 35.5 Å².